The van der Waals surface area contributed by atoms with Crippen molar-refractivity contribution in [2.45, 2.75) is 150 Å². The summed E-state index contributed by atoms with van der Waals surface area (Å²) in [6.07, 6.45) is 5.01. The highest BCUT2D eigenvalue weighted by atomic mass is 32.2. The Kier molecular flexibility index (Phi) is 27.1. The summed E-state index contributed by atoms with van der Waals surface area (Å²) in [6, 6.07) is 0. The van der Waals surface area contributed by atoms with Crippen LogP contribution >= 0.6 is 0 Å². The van der Waals surface area contributed by atoms with Crippen LogP contribution in [0.5, 0.6) is 0 Å². The van der Waals surface area contributed by atoms with Gasteiger partial charge in [0.15, 0.2) is 0 Å². The molecule has 7 nitrogen and oxygen atoms in total. The van der Waals surface area contributed by atoms with Crippen molar-refractivity contribution in [2.24, 2.45) is 27.1 Å². The Morgan fingerprint density at radius 1 is 0.512 bits per heavy atom. The predicted molar refractivity (Wildman–Crippen MR) is 177 cm³/mol. The smallest absolute Gasteiger partial charge is 0.311 e. The molecule has 0 aliphatic heterocycles. The van der Waals surface area contributed by atoms with E-state index in [1.54, 1.807) is 0 Å². The van der Waals surface area contributed by atoms with E-state index in [2.05, 4.69) is 69.0 Å². The molecular weight excluding hydrogens is 540 g/mol. The van der Waals surface area contributed by atoms with E-state index in [0.717, 1.165) is 19.3 Å². The minimum atomic E-state index is -3.29. The number of methoxy groups -OCH3 is 2. The van der Waals surface area contributed by atoms with Gasteiger partial charge < -0.3 is 9.47 Å². The molecule has 0 bridgehead atoms. The van der Waals surface area contributed by atoms with E-state index in [1.165, 1.54) is 34.2 Å². The highest BCUT2D eigenvalue weighted by Gasteiger charge is 2.26. The summed E-state index contributed by atoms with van der Waals surface area (Å²) in [6.45, 7) is 35.1. The second kappa shape index (κ2) is 22.4. The van der Waals surface area contributed by atoms with Gasteiger partial charge in [-0.3, -0.25) is 13.8 Å². The van der Waals surface area contributed by atoms with Crippen LogP contribution in [-0.4, -0.2) is 47.4 Å². The number of hydrogen-bond acceptors (Lipinski definition) is 7. The molecule has 0 atom stereocenters. The lowest BCUT2D eigenvalue weighted by atomic mass is 9.91. The zero-order valence-corrected chi connectivity index (χ0v) is 31.8. The zero-order chi connectivity index (χ0) is 34.5. The van der Waals surface area contributed by atoms with Gasteiger partial charge in [0.2, 0.25) is 0 Å². The molecule has 0 aliphatic rings. The van der Waals surface area contributed by atoms with Crippen molar-refractivity contribution in [3.05, 3.63) is 0 Å². The van der Waals surface area contributed by atoms with Crippen molar-refractivity contribution >= 4 is 22.1 Å². The first-order valence-corrected chi connectivity index (χ1v) is 16.6. The molecule has 0 fully saturated rings. The van der Waals surface area contributed by atoms with Gasteiger partial charge in [-0.25, -0.2) is 0 Å². The number of carbonyl (C=O) groups is 2. The van der Waals surface area contributed by atoms with Crippen molar-refractivity contribution in [1.82, 2.24) is 0 Å². The van der Waals surface area contributed by atoms with Gasteiger partial charge in [-0.1, -0.05) is 103 Å². The van der Waals surface area contributed by atoms with Crippen LogP contribution in [0, 0.1) is 27.1 Å². The van der Waals surface area contributed by atoms with Crippen LogP contribution in [0.3, 0.4) is 0 Å². The lowest BCUT2D eigenvalue weighted by Gasteiger charge is -2.20. The summed E-state index contributed by atoms with van der Waals surface area (Å²) in [4.78, 5) is 21.7. The Bertz CT molecular complexity index is 724. The Hall–Kier alpha value is -1.15. The summed E-state index contributed by atoms with van der Waals surface area (Å²) in [5.74, 6) is -0.178. The number of esters is 2. The van der Waals surface area contributed by atoms with Crippen LogP contribution in [0.2, 0.25) is 0 Å². The number of rotatable bonds is 8. The fourth-order valence-electron chi connectivity index (χ4n) is 1.48. The largest absolute Gasteiger partial charge is 0.469 e. The molecule has 0 amide bonds. The topological polar surface area (TPSA) is 96.0 Å². The number of carbonyl (C=O) groups excluding carboxylic acids is 2. The molecule has 252 valence electrons. The first kappa shape index (κ1) is 49.5. The van der Waals surface area contributed by atoms with E-state index in [4.69, 9.17) is 0 Å². The first-order chi connectivity index (χ1) is 18.0. The lowest BCUT2D eigenvalue weighted by Crippen LogP contribution is -2.24. The quantitative estimate of drug-likeness (QED) is 0.199. The van der Waals surface area contributed by atoms with Gasteiger partial charge in [0.05, 0.1) is 37.9 Å². The molecule has 0 radical (unpaired) electrons. The van der Waals surface area contributed by atoms with Crippen molar-refractivity contribution in [1.29, 1.82) is 0 Å². The van der Waals surface area contributed by atoms with Crippen LogP contribution < -0.4 is 0 Å². The van der Waals surface area contributed by atoms with Crippen LogP contribution in [0.25, 0.3) is 0 Å². The molecule has 0 aromatic carbocycles. The second-order valence-electron chi connectivity index (χ2n) is 14.7. The monoisotopic (exact) mass is 612 g/mol. The zero-order valence-electron chi connectivity index (χ0n) is 31.0. The molecule has 0 heterocycles. The van der Waals surface area contributed by atoms with Crippen LogP contribution in [-0.2, 0) is 33.4 Å². The fourth-order valence-corrected chi connectivity index (χ4v) is 2.76. The van der Waals surface area contributed by atoms with Gasteiger partial charge in [-0.2, -0.15) is 8.42 Å². The SMILES string of the molecule is CCC(C)(C)C.CCC(C)(C)C.CCC(C)(C)C(=O)OC.CCC(C)(C)C(=O)OC.CCC(C)(C)CS(=O)(=O)OC. The highest BCUT2D eigenvalue weighted by molar-refractivity contribution is 7.86. The van der Waals surface area contributed by atoms with E-state index in [0.29, 0.717) is 10.8 Å². The van der Waals surface area contributed by atoms with Crippen molar-refractivity contribution in [3.63, 3.8) is 0 Å². The van der Waals surface area contributed by atoms with Crippen LogP contribution in [0.4, 0.5) is 0 Å². The Labute approximate surface area is 257 Å². The average Bonchev–Trinajstić information content (AvgIpc) is 2.87. The minimum Gasteiger partial charge on any atom is -0.469 e. The third-order valence-electron chi connectivity index (χ3n) is 7.14. The van der Waals surface area contributed by atoms with Gasteiger partial charge in [0.1, 0.15) is 0 Å². The molecule has 8 heteroatoms. The Morgan fingerprint density at radius 3 is 0.854 bits per heavy atom. The van der Waals surface area contributed by atoms with E-state index >= 15 is 0 Å². The summed E-state index contributed by atoms with van der Waals surface area (Å²) < 4.78 is 35.4. The van der Waals surface area contributed by atoms with Gasteiger partial charge in [0.25, 0.3) is 10.1 Å². The summed E-state index contributed by atoms with van der Waals surface area (Å²) in [5.41, 5.74) is 0.276. The van der Waals surface area contributed by atoms with E-state index in [9.17, 15) is 18.0 Å². The van der Waals surface area contributed by atoms with Crippen molar-refractivity contribution in [2.75, 3.05) is 27.1 Å². The molecule has 0 N–H and O–H groups in total. The number of ether oxygens (including phenoxy) is 2. The third-order valence-corrected chi connectivity index (χ3v) is 8.79. The lowest BCUT2D eigenvalue weighted by molar-refractivity contribution is -0.151. The minimum absolute atomic E-state index is 0.0903. The molecule has 0 unspecified atom stereocenters. The third kappa shape index (κ3) is 35.0. The Balaban J connectivity index is -0.000000134. The van der Waals surface area contributed by atoms with E-state index in [1.807, 2.05) is 62.3 Å². The molecule has 0 saturated carbocycles. The molecule has 41 heavy (non-hydrogen) atoms. The normalized spacial score (nSPS) is 12.0. The molecule has 0 aromatic heterocycles. The van der Waals surface area contributed by atoms with Crippen LogP contribution in [0.15, 0.2) is 0 Å². The molecule has 0 saturated heterocycles. The highest BCUT2D eigenvalue weighted by Crippen LogP contribution is 2.23. The Morgan fingerprint density at radius 2 is 0.756 bits per heavy atom. The molecule has 0 aromatic rings. The molecule has 0 spiro atoms. The number of hydrogen-bond donors (Lipinski definition) is 0. The maximum absolute atomic E-state index is 11.0. The van der Waals surface area contributed by atoms with Crippen LogP contribution in [0.1, 0.15) is 150 Å². The predicted octanol–water partition coefficient (Wildman–Crippen LogP) is 9.48. The molecule has 0 aliphatic carbocycles. The second-order valence-corrected chi connectivity index (χ2v) is 16.4. The standard InChI is InChI=1S/C7H16O3S.2C7H14O2.2C6H14/c1-5-7(2,3)6-11(8,9)10-4;2*1-5-7(2,3)6(8)9-4;2*1-5-6(2,3)4/h5-6H2,1-4H3;2*5H2,1-4H3;2*5H2,1-4H3. The molecule has 0 rings (SSSR count). The van der Waals surface area contributed by atoms with Gasteiger partial charge >= 0.3 is 11.9 Å². The maximum Gasteiger partial charge on any atom is 0.311 e. The van der Waals surface area contributed by atoms with E-state index in [-0.39, 0.29) is 33.9 Å². The van der Waals surface area contributed by atoms with Gasteiger partial charge in [-0.15, -0.1) is 0 Å². The van der Waals surface area contributed by atoms with Crippen molar-refractivity contribution in [3.8, 4) is 0 Å². The maximum atomic E-state index is 11.0. The average molecular weight is 613 g/mol. The van der Waals surface area contributed by atoms with Crippen molar-refractivity contribution < 1.29 is 31.7 Å². The fraction of sp³-hybridized carbons (Fsp3) is 0.939. The van der Waals surface area contributed by atoms with Gasteiger partial charge in [0, 0.05) is 0 Å². The summed E-state index contributed by atoms with van der Waals surface area (Å²) in [7, 11) is 0.739. The summed E-state index contributed by atoms with van der Waals surface area (Å²) in [5, 5.41) is 0. The van der Waals surface area contributed by atoms with Gasteiger partial charge in [-0.05, 0) is 63.2 Å². The summed E-state index contributed by atoms with van der Waals surface area (Å²) >= 11 is 0. The molecular formula is C33H72O7S. The first-order valence-electron chi connectivity index (χ1n) is 15.0. The van der Waals surface area contributed by atoms with E-state index < -0.39 is 10.1 Å².